The van der Waals surface area contributed by atoms with Crippen LogP contribution in [-0.2, 0) is 7.05 Å². The number of nitrogens with zero attached hydrogens (tertiary/aromatic N) is 4. The van der Waals surface area contributed by atoms with E-state index in [9.17, 15) is 10.1 Å². The molecule has 0 amide bonds. The van der Waals surface area contributed by atoms with E-state index in [0.29, 0.717) is 11.4 Å². The maximum Gasteiger partial charge on any atom is 0.314 e. The second-order valence-corrected chi connectivity index (χ2v) is 3.58. The minimum atomic E-state index is -0.451. The van der Waals surface area contributed by atoms with Crippen LogP contribution in [0.2, 0.25) is 0 Å². The van der Waals surface area contributed by atoms with Crippen molar-refractivity contribution in [1.82, 2.24) is 14.8 Å². The highest BCUT2D eigenvalue weighted by molar-refractivity contribution is 5.65. The van der Waals surface area contributed by atoms with Crippen LogP contribution in [0.5, 0.6) is 0 Å². The van der Waals surface area contributed by atoms with Crippen molar-refractivity contribution in [2.45, 2.75) is 6.92 Å². The number of hydrogen-bond donors (Lipinski definition) is 1. The first kappa shape index (κ1) is 11.1. The first-order chi connectivity index (χ1) is 8.08. The van der Waals surface area contributed by atoms with Crippen LogP contribution in [0.15, 0.2) is 24.5 Å². The quantitative estimate of drug-likeness (QED) is 0.645. The Morgan fingerprint density at radius 2 is 2.24 bits per heavy atom. The van der Waals surface area contributed by atoms with E-state index in [-0.39, 0.29) is 11.5 Å². The van der Waals surface area contributed by atoms with Gasteiger partial charge in [-0.15, -0.1) is 0 Å². The molecule has 2 aromatic heterocycles. The van der Waals surface area contributed by atoms with Gasteiger partial charge in [0, 0.05) is 31.1 Å². The number of nitro groups is 1. The molecule has 0 aliphatic rings. The van der Waals surface area contributed by atoms with Crippen molar-refractivity contribution in [1.29, 1.82) is 0 Å². The van der Waals surface area contributed by atoms with Crippen molar-refractivity contribution >= 4 is 17.3 Å². The lowest BCUT2D eigenvalue weighted by Gasteiger charge is -2.04. The summed E-state index contributed by atoms with van der Waals surface area (Å²) in [6, 6.07) is 3.31. The van der Waals surface area contributed by atoms with E-state index < -0.39 is 4.92 Å². The monoisotopic (exact) mass is 233 g/mol. The van der Waals surface area contributed by atoms with E-state index >= 15 is 0 Å². The van der Waals surface area contributed by atoms with Crippen molar-refractivity contribution < 1.29 is 4.92 Å². The third-order valence-electron chi connectivity index (χ3n) is 2.27. The number of rotatable bonds is 3. The topological polar surface area (TPSA) is 85.9 Å². The molecule has 0 bridgehead atoms. The zero-order chi connectivity index (χ0) is 12.4. The van der Waals surface area contributed by atoms with Gasteiger partial charge in [-0.1, -0.05) is 0 Å². The standard InChI is InChI=1S/C10H11N5O2/c1-7-3-5-11-10(9(7)15(16)17)12-8-4-6-14(2)13-8/h3-6H,1-2H3,(H,11,12,13). The molecular formula is C10H11N5O2. The lowest BCUT2D eigenvalue weighted by atomic mass is 10.2. The SMILES string of the molecule is Cc1ccnc(Nc2ccn(C)n2)c1[N+](=O)[O-]. The van der Waals surface area contributed by atoms with Gasteiger partial charge in [-0.2, -0.15) is 5.10 Å². The van der Waals surface area contributed by atoms with E-state index in [1.54, 1.807) is 37.0 Å². The van der Waals surface area contributed by atoms with E-state index in [1.807, 2.05) is 0 Å². The molecule has 0 atom stereocenters. The minimum Gasteiger partial charge on any atom is -0.318 e. The fraction of sp³-hybridized carbons (Fsp3) is 0.200. The Labute approximate surface area is 97.2 Å². The minimum absolute atomic E-state index is 0.0295. The van der Waals surface area contributed by atoms with Crippen molar-refractivity contribution in [2.24, 2.45) is 7.05 Å². The molecule has 2 rings (SSSR count). The molecule has 0 aromatic carbocycles. The molecule has 2 heterocycles. The van der Waals surface area contributed by atoms with Crippen molar-refractivity contribution in [3.8, 4) is 0 Å². The highest BCUT2D eigenvalue weighted by Crippen LogP contribution is 2.27. The van der Waals surface area contributed by atoms with Gasteiger partial charge >= 0.3 is 5.69 Å². The van der Waals surface area contributed by atoms with Crippen LogP contribution in [0.25, 0.3) is 0 Å². The van der Waals surface area contributed by atoms with Gasteiger partial charge in [0.25, 0.3) is 0 Å². The molecule has 0 radical (unpaired) electrons. The van der Waals surface area contributed by atoms with E-state index in [1.165, 1.54) is 6.20 Å². The number of aromatic nitrogens is 3. The van der Waals surface area contributed by atoms with Crippen LogP contribution in [0.4, 0.5) is 17.3 Å². The molecule has 0 fully saturated rings. The number of pyridine rings is 1. The average Bonchev–Trinajstić information content (AvgIpc) is 2.63. The molecule has 0 saturated carbocycles. The van der Waals surface area contributed by atoms with Crippen LogP contribution >= 0.6 is 0 Å². The maximum atomic E-state index is 10.9. The van der Waals surface area contributed by atoms with Gasteiger partial charge in [0.1, 0.15) is 0 Å². The van der Waals surface area contributed by atoms with Gasteiger partial charge in [0.2, 0.25) is 5.82 Å². The Bertz CT molecular complexity index is 564. The van der Waals surface area contributed by atoms with Gasteiger partial charge in [-0.05, 0) is 13.0 Å². The summed E-state index contributed by atoms with van der Waals surface area (Å²) in [4.78, 5) is 14.5. The predicted octanol–water partition coefficient (Wildman–Crippen LogP) is 1.78. The molecule has 2 aromatic rings. The summed E-state index contributed by atoms with van der Waals surface area (Å²) < 4.78 is 1.60. The van der Waals surface area contributed by atoms with Crippen molar-refractivity contribution in [3.05, 3.63) is 40.2 Å². The first-order valence-electron chi connectivity index (χ1n) is 4.94. The molecule has 7 heteroatoms. The Hall–Kier alpha value is -2.44. The largest absolute Gasteiger partial charge is 0.318 e. The normalized spacial score (nSPS) is 10.2. The van der Waals surface area contributed by atoms with E-state index in [2.05, 4.69) is 15.4 Å². The summed E-state index contributed by atoms with van der Waals surface area (Å²) in [5, 5.41) is 17.8. The van der Waals surface area contributed by atoms with Gasteiger partial charge in [-0.3, -0.25) is 14.8 Å². The fourth-order valence-electron chi connectivity index (χ4n) is 1.48. The summed E-state index contributed by atoms with van der Waals surface area (Å²) in [6.45, 7) is 1.67. The lowest BCUT2D eigenvalue weighted by Crippen LogP contribution is -2.02. The molecule has 1 N–H and O–H groups in total. The number of nitrogens with one attached hydrogen (secondary N) is 1. The van der Waals surface area contributed by atoms with Crippen LogP contribution < -0.4 is 5.32 Å². The molecule has 0 aliphatic carbocycles. The maximum absolute atomic E-state index is 10.9. The van der Waals surface area contributed by atoms with Gasteiger partial charge in [0.05, 0.1) is 4.92 Å². The molecule has 0 unspecified atom stereocenters. The molecule has 88 valence electrons. The van der Waals surface area contributed by atoms with Crippen LogP contribution in [0.1, 0.15) is 5.56 Å². The Morgan fingerprint density at radius 3 is 2.82 bits per heavy atom. The zero-order valence-corrected chi connectivity index (χ0v) is 9.41. The van der Waals surface area contributed by atoms with Gasteiger partial charge < -0.3 is 5.32 Å². The molecule has 7 nitrogen and oxygen atoms in total. The van der Waals surface area contributed by atoms with Crippen molar-refractivity contribution in [2.75, 3.05) is 5.32 Å². The third-order valence-corrected chi connectivity index (χ3v) is 2.27. The van der Waals surface area contributed by atoms with Crippen LogP contribution in [0.3, 0.4) is 0 Å². The summed E-state index contributed by atoms with van der Waals surface area (Å²) in [6.07, 6.45) is 3.26. The predicted molar refractivity (Wildman–Crippen MR) is 62.1 cm³/mol. The second-order valence-electron chi connectivity index (χ2n) is 3.58. The molecule has 0 saturated heterocycles. The summed E-state index contributed by atoms with van der Waals surface area (Å²) >= 11 is 0. The third kappa shape index (κ3) is 2.22. The van der Waals surface area contributed by atoms with Gasteiger partial charge in [-0.25, -0.2) is 4.98 Å². The lowest BCUT2D eigenvalue weighted by molar-refractivity contribution is -0.384. The average molecular weight is 233 g/mol. The molecule has 0 spiro atoms. The van der Waals surface area contributed by atoms with Crippen LogP contribution in [-0.4, -0.2) is 19.7 Å². The fourth-order valence-corrected chi connectivity index (χ4v) is 1.48. The second kappa shape index (κ2) is 4.20. The number of aryl methyl sites for hydroxylation is 2. The summed E-state index contributed by atoms with van der Waals surface area (Å²) in [5.41, 5.74) is 0.529. The highest BCUT2D eigenvalue weighted by atomic mass is 16.6. The number of hydrogen-bond acceptors (Lipinski definition) is 5. The van der Waals surface area contributed by atoms with Gasteiger partial charge in [0.15, 0.2) is 5.82 Å². The molecular weight excluding hydrogens is 222 g/mol. The van der Waals surface area contributed by atoms with Crippen LogP contribution in [0, 0.1) is 17.0 Å². The van der Waals surface area contributed by atoms with Crippen molar-refractivity contribution in [3.63, 3.8) is 0 Å². The smallest absolute Gasteiger partial charge is 0.314 e. The number of anilines is 2. The van der Waals surface area contributed by atoms with E-state index in [0.717, 1.165) is 0 Å². The summed E-state index contributed by atoms with van der Waals surface area (Å²) in [5.74, 6) is 0.724. The Morgan fingerprint density at radius 1 is 1.47 bits per heavy atom. The van der Waals surface area contributed by atoms with E-state index in [4.69, 9.17) is 0 Å². The zero-order valence-electron chi connectivity index (χ0n) is 9.41. The highest BCUT2D eigenvalue weighted by Gasteiger charge is 2.18. The molecule has 0 aliphatic heterocycles. The Kier molecular flexibility index (Phi) is 2.73. The summed E-state index contributed by atoms with van der Waals surface area (Å²) in [7, 11) is 1.77. The molecule has 17 heavy (non-hydrogen) atoms. The first-order valence-corrected chi connectivity index (χ1v) is 4.94. The Balaban J connectivity index is 2.39.